The second kappa shape index (κ2) is 3.33. The molecule has 0 aliphatic rings. The molecule has 0 aliphatic heterocycles. The molecule has 2 rings (SSSR count). The maximum absolute atomic E-state index is 10.7. The van der Waals surface area contributed by atoms with Crippen LogP contribution in [-0.2, 0) is 4.79 Å². The summed E-state index contributed by atoms with van der Waals surface area (Å²) in [5, 5.41) is 10.9. The van der Waals surface area contributed by atoms with Gasteiger partial charge in [-0.15, -0.1) is 10.2 Å². The Kier molecular flexibility index (Phi) is 2.02. The molecule has 0 saturated heterocycles. The van der Waals surface area contributed by atoms with Gasteiger partial charge in [-0.3, -0.25) is 4.79 Å². The Hall–Kier alpha value is -2.11. The lowest BCUT2D eigenvalue weighted by atomic mass is 10.3. The van der Waals surface area contributed by atoms with Crippen LogP contribution in [0.15, 0.2) is 18.6 Å². The highest BCUT2D eigenvalue weighted by atomic mass is 16.1. The van der Waals surface area contributed by atoms with Crippen LogP contribution >= 0.6 is 0 Å². The fraction of sp³-hybridized carbons (Fsp3) is 0.125. The number of aromatic nitrogens is 4. The monoisotopic (exact) mass is 189 g/mol. The number of carbonyl (C=O) groups excluding carboxylic acids is 1. The number of nitrogens with zero attached hydrogens (tertiary/aromatic N) is 4. The Balaban J connectivity index is 2.46. The maximum Gasteiger partial charge on any atom is 0.222 e. The number of carbonyl (C=O) groups is 1. The van der Waals surface area contributed by atoms with Gasteiger partial charge < -0.3 is 5.32 Å². The lowest BCUT2D eigenvalue weighted by Crippen LogP contribution is -2.08. The van der Waals surface area contributed by atoms with E-state index in [1.807, 2.05) is 0 Å². The molecule has 0 radical (unpaired) electrons. The van der Waals surface area contributed by atoms with Crippen molar-refractivity contribution < 1.29 is 4.79 Å². The molecule has 0 bridgehead atoms. The van der Waals surface area contributed by atoms with Crippen LogP contribution in [0.3, 0.4) is 0 Å². The summed E-state index contributed by atoms with van der Waals surface area (Å²) in [5.41, 5.74) is 0.508. The zero-order valence-electron chi connectivity index (χ0n) is 7.43. The number of rotatable bonds is 1. The highest BCUT2D eigenvalue weighted by molar-refractivity contribution is 5.89. The zero-order chi connectivity index (χ0) is 9.97. The molecule has 2 aromatic rings. The van der Waals surface area contributed by atoms with Crippen LogP contribution in [0.25, 0.3) is 11.0 Å². The molecule has 6 nitrogen and oxygen atoms in total. The van der Waals surface area contributed by atoms with Crippen molar-refractivity contribution in [1.82, 2.24) is 20.2 Å². The average Bonchev–Trinajstić information content (AvgIpc) is 2.17. The van der Waals surface area contributed by atoms with E-state index in [0.717, 1.165) is 5.39 Å². The van der Waals surface area contributed by atoms with E-state index in [0.29, 0.717) is 11.5 Å². The number of nitrogens with one attached hydrogen (secondary N) is 1. The van der Waals surface area contributed by atoms with Gasteiger partial charge in [-0.1, -0.05) is 0 Å². The summed E-state index contributed by atoms with van der Waals surface area (Å²) in [6.07, 6.45) is 3.01. The molecule has 2 aromatic heterocycles. The number of anilines is 1. The molecule has 6 heteroatoms. The first-order valence-electron chi connectivity index (χ1n) is 3.97. The van der Waals surface area contributed by atoms with E-state index in [1.54, 1.807) is 12.3 Å². The Morgan fingerprint density at radius 3 is 3.07 bits per heavy atom. The summed E-state index contributed by atoms with van der Waals surface area (Å²) < 4.78 is 0. The van der Waals surface area contributed by atoms with Gasteiger partial charge in [0.1, 0.15) is 6.33 Å². The first-order chi connectivity index (χ1) is 6.75. The summed E-state index contributed by atoms with van der Waals surface area (Å²) in [4.78, 5) is 18.5. The third-order valence-corrected chi connectivity index (χ3v) is 1.57. The molecular weight excluding hydrogens is 182 g/mol. The fourth-order valence-corrected chi connectivity index (χ4v) is 1.04. The number of fused-ring (bicyclic) bond motifs is 1. The second-order valence-corrected chi connectivity index (χ2v) is 2.71. The van der Waals surface area contributed by atoms with Gasteiger partial charge in [-0.25, -0.2) is 9.97 Å². The van der Waals surface area contributed by atoms with Crippen molar-refractivity contribution in [3.8, 4) is 0 Å². The predicted molar refractivity (Wildman–Crippen MR) is 49.4 cm³/mol. The van der Waals surface area contributed by atoms with Gasteiger partial charge in [0, 0.05) is 18.5 Å². The lowest BCUT2D eigenvalue weighted by Gasteiger charge is -1.99. The Labute approximate surface area is 79.4 Å². The standard InChI is InChI=1S/C8H7N5O/c1-5(14)11-7-2-6-3-9-4-10-8(6)13-12-7/h2-4H,1H3,(H,11,12,14). The van der Waals surface area contributed by atoms with Crippen LogP contribution in [0.5, 0.6) is 0 Å². The van der Waals surface area contributed by atoms with Gasteiger partial charge in [-0.05, 0) is 6.07 Å². The Morgan fingerprint density at radius 2 is 2.29 bits per heavy atom. The van der Waals surface area contributed by atoms with E-state index in [4.69, 9.17) is 0 Å². The summed E-state index contributed by atoms with van der Waals surface area (Å²) in [7, 11) is 0. The molecule has 0 saturated carbocycles. The van der Waals surface area contributed by atoms with Crippen molar-refractivity contribution in [1.29, 1.82) is 0 Å². The molecule has 0 atom stereocenters. The third-order valence-electron chi connectivity index (χ3n) is 1.57. The molecule has 0 unspecified atom stereocenters. The molecule has 0 spiro atoms. The van der Waals surface area contributed by atoms with Crippen molar-refractivity contribution >= 4 is 22.8 Å². The summed E-state index contributed by atoms with van der Waals surface area (Å²) in [6.45, 7) is 1.41. The minimum absolute atomic E-state index is 0.185. The molecule has 0 aromatic carbocycles. The van der Waals surface area contributed by atoms with Gasteiger partial charge in [0.2, 0.25) is 5.91 Å². The molecule has 14 heavy (non-hydrogen) atoms. The maximum atomic E-state index is 10.7. The molecule has 0 aliphatic carbocycles. The van der Waals surface area contributed by atoms with E-state index < -0.39 is 0 Å². The van der Waals surface area contributed by atoms with Gasteiger partial charge >= 0.3 is 0 Å². The second-order valence-electron chi connectivity index (χ2n) is 2.71. The van der Waals surface area contributed by atoms with Gasteiger partial charge in [0.25, 0.3) is 0 Å². The molecular formula is C8H7N5O. The molecule has 2 heterocycles. The number of hydrogen-bond donors (Lipinski definition) is 1. The van der Waals surface area contributed by atoms with Crippen molar-refractivity contribution in [3.05, 3.63) is 18.6 Å². The predicted octanol–water partition coefficient (Wildman–Crippen LogP) is 0.378. The summed E-state index contributed by atoms with van der Waals surface area (Å²) in [6, 6.07) is 1.67. The van der Waals surface area contributed by atoms with Crippen molar-refractivity contribution in [2.24, 2.45) is 0 Å². The first-order valence-corrected chi connectivity index (χ1v) is 3.97. The largest absolute Gasteiger partial charge is 0.309 e. The zero-order valence-corrected chi connectivity index (χ0v) is 7.43. The molecule has 1 N–H and O–H groups in total. The van der Waals surface area contributed by atoms with Crippen LogP contribution in [0.1, 0.15) is 6.92 Å². The average molecular weight is 189 g/mol. The van der Waals surface area contributed by atoms with Crippen LogP contribution in [0.4, 0.5) is 5.82 Å². The van der Waals surface area contributed by atoms with Crippen molar-refractivity contribution in [2.75, 3.05) is 5.32 Å². The molecule has 0 fully saturated rings. The minimum atomic E-state index is -0.185. The van der Waals surface area contributed by atoms with E-state index in [2.05, 4.69) is 25.5 Å². The summed E-state index contributed by atoms with van der Waals surface area (Å²) in [5.74, 6) is 0.218. The highest BCUT2D eigenvalue weighted by Gasteiger charge is 2.01. The van der Waals surface area contributed by atoms with E-state index in [-0.39, 0.29) is 5.91 Å². The molecule has 1 amide bonds. The first kappa shape index (κ1) is 8.49. The normalized spacial score (nSPS) is 10.1. The lowest BCUT2D eigenvalue weighted by molar-refractivity contribution is -0.114. The van der Waals surface area contributed by atoms with Crippen molar-refractivity contribution in [3.63, 3.8) is 0 Å². The summed E-state index contributed by atoms with van der Waals surface area (Å²) >= 11 is 0. The van der Waals surface area contributed by atoms with Gasteiger partial charge in [0.05, 0.1) is 0 Å². The van der Waals surface area contributed by atoms with Gasteiger partial charge in [0.15, 0.2) is 11.5 Å². The van der Waals surface area contributed by atoms with E-state index in [1.165, 1.54) is 13.3 Å². The van der Waals surface area contributed by atoms with Gasteiger partial charge in [-0.2, -0.15) is 0 Å². The highest BCUT2D eigenvalue weighted by Crippen LogP contribution is 2.09. The van der Waals surface area contributed by atoms with Crippen molar-refractivity contribution in [2.45, 2.75) is 6.92 Å². The minimum Gasteiger partial charge on any atom is -0.309 e. The quantitative estimate of drug-likeness (QED) is 0.701. The van der Waals surface area contributed by atoms with Crippen LogP contribution < -0.4 is 5.32 Å². The smallest absolute Gasteiger partial charge is 0.222 e. The van der Waals surface area contributed by atoms with Crippen LogP contribution in [0, 0.1) is 0 Å². The van der Waals surface area contributed by atoms with Crippen LogP contribution in [0.2, 0.25) is 0 Å². The van der Waals surface area contributed by atoms with Crippen LogP contribution in [-0.4, -0.2) is 26.1 Å². The van der Waals surface area contributed by atoms with E-state index in [9.17, 15) is 4.79 Å². The number of amides is 1. The number of hydrogen-bond acceptors (Lipinski definition) is 5. The topological polar surface area (TPSA) is 80.7 Å². The Morgan fingerprint density at radius 1 is 1.43 bits per heavy atom. The fourth-order valence-electron chi connectivity index (χ4n) is 1.04. The SMILES string of the molecule is CC(=O)Nc1cc2cncnc2nn1. The third kappa shape index (κ3) is 1.63. The Bertz CT molecular complexity index is 484. The molecule has 70 valence electrons. The van der Waals surface area contributed by atoms with E-state index >= 15 is 0 Å².